The number of carbonyl (C=O) groups excluding carboxylic acids is 2. The summed E-state index contributed by atoms with van der Waals surface area (Å²) in [5.74, 6) is 1.30. The largest absolute Gasteiger partial charge is 0.737 e. The van der Waals surface area contributed by atoms with Crippen LogP contribution in [0.4, 0.5) is 8.63 Å². The normalized spacial score (nSPS) is 22.0. The van der Waals surface area contributed by atoms with Crippen molar-refractivity contribution in [3.05, 3.63) is 105 Å². The fourth-order valence-corrected chi connectivity index (χ4v) is 12.6. The highest BCUT2D eigenvalue weighted by Gasteiger charge is 2.52. The Kier molecular flexibility index (Phi) is 14.9. The van der Waals surface area contributed by atoms with Crippen molar-refractivity contribution in [2.24, 2.45) is 9.98 Å². The van der Waals surface area contributed by atoms with Gasteiger partial charge in [0.15, 0.2) is 28.4 Å². The molecule has 9 rings (SSSR count). The number of aromatic nitrogens is 1. The van der Waals surface area contributed by atoms with Gasteiger partial charge < -0.3 is 43.2 Å². The van der Waals surface area contributed by atoms with Crippen molar-refractivity contribution >= 4 is 87.9 Å². The third-order valence-corrected chi connectivity index (χ3v) is 15.9. The van der Waals surface area contributed by atoms with Gasteiger partial charge in [-0.05, 0) is 118 Å². The first-order valence-electron chi connectivity index (χ1n) is 24.0. The third kappa shape index (κ3) is 11.7. The highest BCUT2D eigenvalue weighted by atomic mass is 32.2. The van der Waals surface area contributed by atoms with E-state index in [2.05, 4.69) is 40.1 Å². The van der Waals surface area contributed by atoms with E-state index in [-0.39, 0.29) is 36.0 Å². The van der Waals surface area contributed by atoms with Gasteiger partial charge in [0, 0.05) is 72.7 Å². The number of allylic oxidation sites excluding steroid dienone is 2. The maximum absolute atomic E-state index is 16.1. The summed E-state index contributed by atoms with van der Waals surface area (Å²) in [6.45, 7) is 1.60. The predicted octanol–water partition coefficient (Wildman–Crippen LogP) is 9.90. The summed E-state index contributed by atoms with van der Waals surface area (Å²) < 4.78 is 40.3. The lowest BCUT2D eigenvalue weighted by Crippen LogP contribution is -2.50. The molecule has 2 fully saturated rings. The van der Waals surface area contributed by atoms with Crippen LogP contribution in [0, 0.1) is 0 Å². The van der Waals surface area contributed by atoms with Crippen molar-refractivity contribution in [2.75, 3.05) is 25.4 Å². The number of thiophene rings is 1. The van der Waals surface area contributed by atoms with Crippen molar-refractivity contribution in [1.29, 1.82) is 0 Å². The number of halogens is 2. The van der Waals surface area contributed by atoms with Gasteiger partial charge in [-0.25, -0.2) is 0 Å². The van der Waals surface area contributed by atoms with E-state index in [0.717, 1.165) is 87.0 Å². The number of hydrogen-bond acceptors (Lipinski definition) is 9. The van der Waals surface area contributed by atoms with E-state index in [9.17, 15) is 9.59 Å². The molecular weight excluding hydrogens is 906 g/mol. The summed E-state index contributed by atoms with van der Waals surface area (Å²) in [7, 11) is 0. The molecule has 0 unspecified atom stereocenters. The number of unbranched alkanes of at least 4 members (excludes halogenated alkanes) is 2. The number of benzene rings is 1. The standard InChI is InChI=1S/C50H61BF2N8O3S3/c1-50(2)34-59-42(33-67-49(59)58-50)32-66-48(56-36-10-5-3-6-11-36)57-38-19-17-37(18-20-38)55-46(62)13-7-4-8-28-54-47(63)31-64-43-25-15-35(16-26-43)14-21-39-22-23-40-30-41-24-27-44(45-12-9-29-65-45)61(41)51(52,53)60(39)40/h9,12,14-16,21-27,29-30,33,36-38H,3-8,10-11,13,17-20,28,31-32,34H2,1-2H3,(H,54,63)(H,55,62)(H,56,57)/b21-14+. The van der Waals surface area contributed by atoms with Gasteiger partial charge in [-0.2, -0.15) is 0 Å². The molecule has 2 aromatic heterocycles. The zero-order chi connectivity index (χ0) is 46.4. The monoisotopic (exact) mass is 966 g/mol. The minimum atomic E-state index is -4.12. The van der Waals surface area contributed by atoms with Gasteiger partial charge in [0.25, 0.3) is 5.91 Å². The molecule has 2 saturated carbocycles. The topological polar surface area (TPSA) is 115 Å². The van der Waals surface area contributed by atoms with Crippen molar-refractivity contribution in [1.82, 2.24) is 25.3 Å². The van der Waals surface area contributed by atoms with Crippen molar-refractivity contribution in [3.63, 3.8) is 0 Å². The number of nitrogens with zero attached hydrogens (tertiary/aromatic N) is 5. The van der Waals surface area contributed by atoms with E-state index in [1.165, 1.54) is 49.1 Å². The van der Waals surface area contributed by atoms with Gasteiger partial charge in [0.2, 0.25) is 5.91 Å². The molecule has 17 heteroatoms. The van der Waals surface area contributed by atoms with Crippen molar-refractivity contribution < 1.29 is 27.4 Å². The lowest BCUT2D eigenvalue weighted by atomic mass is 9.90. The third-order valence-electron chi connectivity index (χ3n) is 13.2. The molecular formula is C50H61BF2N8O3S3. The summed E-state index contributed by atoms with van der Waals surface area (Å²) in [5, 5.41) is 16.3. The van der Waals surface area contributed by atoms with Crippen molar-refractivity contribution in [3.8, 4) is 5.75 Å². The Morgan fingerprint density at radius 1 is 0.955 bits per heavy atom. The van der Waals surface area contributed by atoms with Gasteiger partial charge in [0.1, 0.15) is 5.75 Å². The fraction of sp³-hybridized carbons (Fsp3) is 0.460. The van der Waals surface area contributed by atoms with Gasteiger partial charge in [-0.1, -0.05) is 73.5 Å². The minimum Gasteiger partial charge on any atom is -0.484 e. The first kappa shape index (κ1) is 47.2. The summed E-state index contributed by atoms with van der Waals surface area (Å²) in [6, 6.07) is 15.3. The molecule has 67 heavy (non-hydrogen) atoms. The van der Waals surface area contributed by atoms with E-state index < -0.39 is 6.97 Å². The van der Waals surface area contributed by atoms with Crippen LogP contribution in [0.1, 0.15) is 119 Å². The summed E-state index contributed by atoms with van der Waals surface area (Å²) >= 11 is 5.01. The van der Waals surface area contributed by atoms with Crippen LogP contribution in [0.25, 0.3) is 18.2 Å². The van der Waals surface area contributed by atoms with Crippen LogP contribution in [-0.4, -0.2) is 97.8 Å². The average Bonchev–Trinajstić information content (AvgIpc) is 4.17. The molecule has 354 valence electrons. The van der Waals surface area contributed by atoms with Gasteiger partial charge in [-0.3, -0.25) is 19.6 Å². The summed E-state index contributed by atoms with van der Waals surface area (Å²) in [5.41, 5.74) is 3.95. The van der Waals surface area contributed by atoms with Crippen LogP contribution in [0.3, 0.4) is 0 Å². The number of thioether (sulfide) groups is 2. The maximum Gasteiger partial charge on any atom is 0.737 e. The number of aliphatic imine (C=N–C) groups is 2. The number of nitrogens with one attached hydrogen (secondary N) is 3. The number of amides is 2. The number of fused-ring (bicyclic) bond motifs is 3. The maximum atomic E-state index is 16.1. The Balaban J connectivity index is 0.648. The van der Waals surface area contributed by atoms with E-state index in [1.807, 2.05) is 41.4 Å². The van der Waals surface area contributed by atoms with Crippen LogP contribution in [-0.2, 0) is 9.59 Å². The number of carbonyl (C=O) groups is 2. The molecule has 6 heterocycles. The first-order chi connectivity index (χ1) is 32.5. The molecule has 2 aliphatic carbocycles. The summed E-state index contributed by atoms with van der Waals surface area (Å²) in [4.78, 5) is 38.7. The lowest BCUT2D eigenvalue weighted by molar-refractivity contribution is -0.360. The Morgan fingerprint density at radius 2 is 1.76 bits per heavy atom. The van der Waals surface area contributed by atoms with Crippen LogP contribution in [0.2, 0.25) is 0 Å². The van der Waals surface area contributed by atoms with Crippen LogP contribution >= 0.6 is 34.9 Å². The Labute approximate surface area is 405 Å². The first-order valence-corrected chi connectivity index (χ1v) is 26.7. The SMILES string of the molecule is CC1(C)CN2C(CSC(=NC3CCC(NC(=O)CCCCCNC(=O)COc4ccc(/C=C/c5ccc6n5[B-](F)(F)[N+]5=C(c7cccs7)C=CC5=C6)cc4)CC3)NC3CCCCC3)=CSC2=N1. The average molecular weight is 967 g/mol. The molecule has 0 radical (unpaired) electrons. The smallest absolute Gasteiger partial charge is 0.484 e. The molecule has 11 nitrogen and oxygen atoms in total. The van der Waals surface area contributed by atoms with Crippen LogP contribution < -0.4 is 20.7 Å². The highest BCUT2D eigenvalue weighted by Crippen LogP contribution is 2.38. The Bertz CT molecular complexity index is 2500. The molecule has 3 aromatic rings. The number of ether oxygens (including phenoxy) is 1. The molecule has 0 atom stereocenters. The molecule has 1 aromatic carbocycles. The second-order valence-electron chi connectivity index (χ2n) is 18.9. The van der Waals surface area contributed by atoms with Gasteiger partial charge >= 0.3 is 6.97 Å². The summed E-state index contributed by atoms with van der Waals surface area (Å²) in [6.07, 6.45) is 21.8. The highest BCUT2D eigenvalue weighted by molar-refractivity contribution is 8.17. The van der Waals surface area contributed by atoms with Crippen LogP contribution in [0.5, 0.6) is 5.75 Å². The second kappa shape index (κ2) is 21.2. The van der Waals surface area contributed by atoms with Crippen LogP contribution in [0.15, 0.2) is 92.8 Å². The zero-order valence-corrected chi connectivity index (χ0v) is 40.9. The molecule has 2 amide bonds. The van der Waals surface area contributed by atoms with Gasteiger partial charge in [0.05, 0.1) is 16.5 Å². The molecule has 3 N–H and O–H groups in total. The molecule has 6 aliphatic rings. The van der Waals surface area contributed by atoms with E-state index in [1.54, 1.807) is 66.4 Å². The molecule has 0 bridgehead atoms. The number of amidine groups is 2. The lowest BCUT2D eigenvalue weighted by Gasteiger charge is -2.30. The number of hydrogen-bond donors (Lipinski definition) is 3. The predicted molar refractivity (Wildman–Crippen MR) is 274 cm³/mol. The quantitative estimate of drug-likeness (QED) is 0.0534. The molecule has 0 saturated heterocycles. The van der Waals surface area contributed by atoms with Crippen molar-refractivity contribution in [2.45, 2.75) is 121 Å². The Hall–Kier alpha value is -4.87. The van der Waals surface area contributed by atoms with E-state index in [4.69, 9.17) is 14.7 Å². The van der Waals surface area contributed by atoms with E-state index >= 15 is 8.63 Å². The molecule has 0 spiro atoms. The molecule has 4 aliphatic heterocycles. The second-order valence-corrected chi connectivity index (χ2v) is 21.7. The van der Waals surface area contributed by atoms with Gasteiger partial charge in [-0.15, -0.1) is 11.3 Å². The fourth-order valence-electron chi connectivity index (χ4n) is 9.70. The van der Waals surface area contributed by atoms with E-state index in [0.29, 0.717) is 47.6 Å². The number of rotatable bonds is 17. The minimum absolute atomic E-state index is 0.0404. The zero-order valence-electron chi connectivity index (χ0n) is 38.4. The Morgan fingerprint density at radius 3 is 2.55 bits per heavy atom.